The number of carbonyl (C=O) groups is 1. The Morgan fingerprint density at radius 1 is 1.08 bits per heavy atom. The standard InChI is InChI=1S/C19H18N6O/c1-23(2)19(26)15-12-20-24(3)17(15)14-9-10-25-16(11-14)21-18(22-25)13-7-5-4-6-8-13/h4-12H,1-3H3. The van der Waals surface area contributed by atoms with E-state index in [0.717, 1.165) is 16.8 Å². The Hall–Kier alpha value is -3.48. The molecule has 3 heterocycles. The highest BCUT2D eigenvalue weighted by molar-refractivity contribution is 5.99. The topological polar surface area (TPSA) is 68.3 Å². The van der Waals surface area contributed by atoms with Crippen molar-refractivity contribution in [2.24, 2.45) is 7.05 Å². The van der Waals surface area contributed by atoms with Gasteiger partial charge in [-0.3, -0.25) is 9.48 Å². The number of rotatable bonds is 3. The molecule has 4 aromatic rings. The van der Waals surface area contributed by atoms with E-state index in [0.29, 0.717) is 17.0 Å². The van der Waals surface area contributed by atoms with Crippen LogP contribution in [0.3, 0.4) is 0 Å². The van der Waals surface area contributed by atoms with Gasteiger partial charge in [0.2, 0.25) is 0 Å². The van der Waals surface area contributed by atoms with Gasteiger partial charge >= 0.3 is 0 Å². The molecule has 0 radical (unpaired) electrons. The fraction of sp³-hybridized carbons (Fsp3) is 0.158. The van der Waals surface area contributed by atoms with Gasteiger partial charge in [0.25, 0.3) is 5.91 Å². The molecular weight excluding hydrogens is 328 g/mol. The molecule has 0 bridgehead atoms. The van der Waals surface area contributed by atoms with E-state index in [4.69, 9.17) is 0 Å². The van der Waals surface area contributed by atoms with E-state index < -0.39 is 0 Å². The molecule has 0 aliphatic heterocycles. The molecule has 0 saturated heterocycles. The largest absolute Gasteiger partial charge is 0.345 e. The predicted molar refractivity (Wildman–Crippen MR) is 98.6 cm³/mol. The van der Waals surface area contributed by atoms with Crippen molar-refractivity contribution in [2.45, 2.75) is 0 Å². The SMILES string of the molecule is CN(C)C(=O)c1cnn(C)c1-c1ccn2nc(-c3ccccc3)nc2c1. The lowest BCUT2D eigenvalue weighted by Crippen LogP contribution is -2.22. The summed E-state index contributed by atoms with van der Waals surface area (Å²) >= 11 is 0. The maximum atomic E-state index is 12.4. The first kappa shape index (κ1) is 16.0. The van der Waals surface area contributed by atoms with Gasteiger partial charge in [-0.05, 0) is 12.1 Å². The lowest BCUT2D eigenvalue weighted by molar-refractivity contribution is 0.0828. The van der Waals surface area contributed by atoms with Crippen LogP contribution in [0.1, 0.15) is 10.4 Å². The van der Waals surface area contributed by atoms with Gasteiger partial charge in [0.1, 0.15) is 0 Å². The fourth-order valence-corrected chi connectivity index (χ4v) is 2.92. The summed E-state index contributed by atoms with van der Waals surface area (Å²) in [6.45, 7) is 0. The highest BCUT2D eigenvalue weighted by Gasteiger charge is 2.19. The van der Waals surface area contributed by atoms with Gasteiger partial charge in [0, 0.05) is 38.5 Å². The van der Waals surface area contributed by atoms with Crippen LogP contribution in [0, 0.1) is 0 Å². The smallest absolute Gasteiger partial charge is 0.257 e. The fourth-order valence-electron chi connectivity index (χ4n) is 2.92. The van der Waals surface area contributed by atoms with Gasteiger partial charge < -0.3 is 4.90 Å². The average molecular weight is 346 g/mol. The third-order valence-corrected chi connectivity index (χ3v) is 4.22. The van der Waals surface area contributed by atoms with E-state index in [2.05, 4.69) is 15.2 Å². The molecule has 7 heteroatoms. The lowest BCUT2D eigenvalue weighted by atomic mass is 10.1. The van der Waals surface area contributed by atoms with Crippen molar-refractivity contribution in [3.05, 3.63) is 60.4 Å². The Balaban J connectivity index is 1.82. The summed E-state index contributed by atoms with van der Waals surface area (Å²) in [5.41, 5.74) is 3.86. The summed E-state index contributed by atoms with van der Waals surface area (Å²) < 4.78 is 3.44. The molecule has 26 heavy (non-hydrogen) atoms. The van der Waals surface area contributed by atoms with Crippen LogP contribution in [0.4, 0.5) is 0 Å². The maximum Gasteiger partial charge on any atom is 0.257 e. The lowest BCUT2D eigenvalue weighted by Gasteiger charge is -2.11. The summed E-state index contributed by atoms with van der Waals surface area (Å²) in [4.78, 5) is 18.6. The number of aryl methyl sites for hydroxylation is 1. The van der Waals surface area contributed by atoms with E-state index in [1.54, 1.807) is 34.4 Å². The molecule has 0 atom stereocenters. The molecule has 1 amide bonds. The second-order valence-corrected chi connectivity index (χ2v) is 6.25. The molecule has 7 nitrogen and oxygen atoms in total. The van der Waals surface area contributed by atoms with Crippen molar-refractivity contribution >= 4 is 11.6 Å². The summed E-state index contributed by atoms with van der Waals surface area (Å²) in [7, 11) is 5.28. The second kappa shape index (κ2) is 6.11. The summed E-state index contributed by atoms with van der Waals surface area (Å²) in [6, 6.07) is 13.7. The number of aromatic nitrogens is 5. The molecule has 130 valence electrons. The molecule has 3 aromatic heterocycles. The van der Waals surface area contributed by atoms with Crippen LogP contribution in [-0.2, 0) is 7.05 Å². The number of amides is 1. The van der Waals surface area contributed by atoms with Crippen LogP contribution >= 0.6 is 0 Å². The van der Waals surface area contributed by atoms with Gasteiger partial charge in [-0.15, -0.1) is 5.10 Å². The van der Waals surface area contributed by atoms with Crippen molar-refractivity contribution in [3.8, 4) is 22.6 Å². The molecule has 0 fully saturated rings. The normalized spacial score (nSPS) is 11.0. The van der Waals surface area contributed by atoms with Crippen LogP contribution in [0.2, 0.25) is 0 Å². The molecule has 0 unspecified atom stereocenters. The molecule has 0 spiro atoms. The highest BCUT2D eigenvalue weighted by atomic mass is 16.2. The van der Waals surface area contributed by atoms with Crippen LogP contribution in [-0.4, -0.2) is 49.3 Å². The van der Waals surface area contributed by atoms with Gasteiger partial charge in [-0.1, -0.05) is 30.3 Å². The van der Waals surface area contributed by atoms with E-state index in [1.807, 2.05) is 55.7 Å². The van der Waals surface area contributed by atoms with Crippen LogP contribution in [0.5, 0.6) is 0 Å². The Morgan fingerprint density at radius 3 is 2.58 bits per heavy atom. The zero-order valence-electron chi connectivity index (χ0n) is 14.8. The van der Waals surface area contributed by atoms with E-state index in [9.17, 15) is 4.79 Å². The number of carbonyl (C=O) groups excluding carboxylic acids is 1. The number of fused-ring (bicyclic) bond motifs is 1. The number of hydrogen-bond donors (Lipinski definition) is 0. The summed E-state index contributed by atoms with van der Waals surface area (Å²) in [6.07, 6.45) is 3.45. The van der Waals surface area contributed by atoms with Gasteiger partial charge in [-0.2, -0.15) is 5.10 Å². The number of pyridine rings is 1. The van der Waals surface area contributed by atoms with E-state index in [1.165, 1.54) is 0 Å². The second-order valence-electron chi connectivity index (χ2n) is 6.25. The Labute approximate surface area is 150 Å². The van der Waals surface area contributed by atoms with Crippen molar-refractivity contribution < 1.29 is 4.79 Å². The van der Waals surface area contributed by atoms with Gasteiger partial charge in [0.15, 0.2) is 11.5 Å². The molecule has 0 N–H and O–H groups in total. The third-order valence-electron chi connectivity index (χ3n) is 4.22. The van der Waals surface area contributed by atoms with Crippen molar-refractivity contribution in [1.29, 1.82) is 0 Å². The van der Waals surface area contributed by atoms with Crippen molar-refractivity contribution in [2.75, 3.05) is 14.1 Å². The Kier molecular flexibility index (Phi) is 3.76. The number of benzene rings is 1. The molecule has 0 aliphatic rings. The molecule has 4 rings (SSSR count). The minimum Gasteiger partial charge on any atom is -0.345 e. The molecule has 0 saturated carbocycles. The van der Waals surface area contributed by atoms with Crippen LogP contribution < -0.4 is 0 Å². The summed E-state index contributed by atoms with van der Waals surface area (Å²) in [5, 5.41) is 8.78. The summed E-state index contributed by atoms with van der Waals surface area (Å²) in [5.74, 6) is 0.580. The highest BCUT2D eigenvalue weighted by Crippen LogP contribution is 2.25. The monoisotopic (exact) mass is 346 g/mol. The zero-order chi connectivity index (χ0) is 18.3. The van der Waals surface area contributed by atoms with E-state index >= 15 is 0 Å². The van der Waals surface area contributed by atoms with E-state index in [-0.39, 0.29) is 5.91 Å². The first-order valence-electron chi connectivity index (χ1n) is 8.20. The van der Waals surface area contributed by atoms with Gasteiger partial charge in [0.05, 0.1) is 17.5 Å². The van der Waals surface area contributed by atoms with Crippen molar-refractivity contribution in [1.82, 2.24) is 29.3 Å². The maximum absolute atomic E-state index is 12.4. The quantitative estimate of drug-likeness (QED) is 0.572. The first-order valence-corrected chi connectivity index (χ1v) is 8.20. The third kappa shape index (κ3) is 2.63. The molecule has 0 aliphatic carbocycles. The molecular formula is C19H18N6O. The Bertz CT molecular complexity index is 1090. The van der Waals surface area contributed by atoms with Crippen molar-refractivity contribution in [3.63, 3.8) is 0 Å². The molecule has 1 aromatic carbocycles. The zero-order valence-corrected chi connectivity index (χ0v) is 14.8. The number of nitrogens with zero attached hydrogens (tertiary/aromatic N) is 6. The Morgan fingerprint density at radius 2 is 1.85 bits per heavy atom. The first-order chi connectivity index (χ1) is 12.5. The van der Waals surface area contributed by atoms with Gasteiger partial charge in [-0.25, -0.2) is 9.50 Å². The van der Waals surface area contributed by atoms with Crippen LogP contribution in [0.25, 0.3) is 28.3 Å². The predicted octanol–water partition coefficient (Wildman–Crippen LogP) is 2.50. The van der Waals surface area contributed by atoms with Crippen LogP contribution in [0.15, 0.2) is 54.9 Å². The minimum absolute atomic E-state index is 0.0839. The average Bonchev–Trinajstić information content (AvgIpc) is 3.24. The number of hydrogen-bond acceptors (Lipinski definition) is 4. The minimum atomic E-state index is -0.0839.